The summed E-state index contributed by atoms with van der Waals surface area (Å²) >= 11 is 0. The van der Waals surface area contributed by atoms with Gasteiger partial charge in [-0.2, -0.15) is 44.3 Å². The molecule has 2 aromatic carbocycles. The van der Waals surface area contributed by atoms with Crippen LogP contribution in [0.3, 0.4) is 0 Å². The third-order valence-electron chi connectivity index (χ3n) is 7.48. The Hall–Kier alpha value is -4.09. The largest absolute Gasteiger partial charge is 0.446 e. The van der Waals surface area contributed by atoms with Gasteiger partial charge in [0.05, 0.1) is 41.1 Å². The highest BCUT2D eigenvalue weighted by Gasteiger charge is 2.43. The Morgan fingerprint density at radius 1 is 0.979 bits per heavy atom. The maximum absolute atomic E-state index is 14.0. The van der Waals surface area contributed by atoms with Gasteiger partial charge in [0.1, 0.15) is 0 Å². The molecule has 0 fully saturated rings. The Morgan fingerprint density at radius 3 is 2.13 bits per heavy atom. The monoisotopic (exact) mass is 681 g/mol. The Bertz CT molecular complexity index is 1520. The highest BCUT2D eigenvalue weighted by atomic mass is 19.4. The van der Waals surface area contributed by atoms with Crippen molar-refractivity contribution in [2.75, 3.05) is 16.3 Å². The van der Waals surface area contributed by atoms with Crippen LogP contribution in [0.4, 0.5) is 55.9 Å². The fraction of sp³-hybridized carbons (Fsp3) is 0.517. The van der Waals surface area contributed by atoms with Gasteiger partial charge in [-0.05, 0) is 92.4 Å². The molecule has 0 radical (unpaired) electrons. The molecule has 2 atom stereocenters. The van der Waals surface area contributed by atoms with Crippen LogP contribution >= 0.6 is 0 Å². The fourth-order valence-corrected chi connectivity index (χ4v) is 5.36. The first-order valence-corrected chi connectivity index (χ1v) is 14.6. The van der Waals surface area contributed by atoms with Crippen LogP contribution in [-0.4, -0.2) is 45.0 Å². The van der Waals surface area contributed by atoms with Crippen molar-refractivity contribution >= 4 is 17.7 Å². The van der Waals surface area contributed by atoms with E-state index >= 15 is 0 Å². The van der Waals surface area contributed by atoms with Crippen molar-refractivity contribution in [3.63, 3.8) is 0 Å². The van der Waals surface area contributed by atoms with Crippen molar-refractivity contribution in [3.05, 3.63) is 64.2 Å². The SMILES string of the molecule is CCC1C[C@H](N(Cc2cc(C(F)(F)F)cc(C(F)(F)F)c2)c2nnn(CCCN)n2)c2cc(C(F)(F)F)ccc2N1C(=O)OC(C)C. The van der Waals surface area contributed by atoms with Crippen LogP contribution in [0.15, 0.2) is 36.4 Å². The summed E-state index contributed by atoms with van der Waals surface area (Å²) in [5.74, 6) is -0.269. The highest BCUT2D eigenvalue weighted by Crippen LogP contribution is 2.46. The maximum Gasteiger partial charge on any atom is 0.416 e. The van der Waals surface area contributed by atoms with Gasteiger partial charge >= 0.3 is 24.6 Å². The molecule has 2 N–H and O–H groups in total. The highest BCUT2D eigenvalue weighted by molar-refractivity contribution is 5.90. The smallest absolute Gasteiger partial charge is 0.416 e. The molecule has 0 saturated carbocycles. The number of rotatable bonds is 9. The molecule has 0 spiro atoms. The average molecular weight is 682 g/mol. The van der Waals surface area contributed by atoms with Crippen LogP contribution in [0.5, 0.6) is 0 Å². The number of ether oxygens (including phenoxy) is 1. The van der Waals surface area contributed by atoms with Crippen LogP contribution < -0.4 is 15.5 Å². The summed E-state index contributed by atoms with van der Waals surface area (Å²) < 4.78 is 130. The second kappa shape index (κ2) is 13.6. The number of carbonyl (C=O) groups is 1. The van der Waals surface area contributed by atoms with Gasteiger partial charge in [-0.15, -0.1) is 5.10 Å². The summed E-state index contributed by atoms with van der Waals surface area (Å²) in [5.41, 5.74) is 0.777. The summed E-state index contributed by atoms with van der Waals surface area (Å²) in [6.45, 7) is 4.59. The number of halogens is 9. The van der Waals surface area contributed by atoms with Crippen molar-refractivity contribution in [3.8, 4) is 0 Å². The fourth-order valence-electron chi connectivity index (χ4n) is 5.36. The van der Waals surface area contributed by atoms with E-state index in [1.807, 2.05) is 0 Å². The predicted molar refractivity (Wildman–Crippen MR) is 151 cm³/mol. The second-order valence-electron chi connectivity index (χ2n) is 11.3. The van der Waals surface area contributed by atoms with Gasteiger partial charge in [0.25, 0.3) is 5.95 Å². The quantitative estimate of drug-likeness (QED) is 0.236. The molecule has 3 aromatic rings. The van der Waals surface area contributed by atoms with E-state index in [0.29, 0.717) is 18.6 Å². The molecule has 0 aliphatic carbocycles. The van der Waals surface area contributed by atoms with Crippen molar-refractivity contribution in [1.29, 1.82) is 0 Å². The Morgan fingerprint density at radius 2 is 1.60 bits per heavy atom. The molecule has 18 heteroatoms. The lowest BCUT2D eigenvalue weighted by molar-refractivity contribution is -0.143. The van der Waals surface area contributed by atoms with Crippen molar-refractivity contribution in [2.24, 2.45) is 5.73 Å². The number of nitrogens with zero attached hydrogens (tertiary/aromatic N) is 6. The summed E-state index contributed by atoms with van der Waals surface area (Å²) in [7, 11) is 0. The van der Waals surface area contributed by atoms with E-state index in [-0.39, 0.29) is 49.2 Å². The lowest BCUT2D eigenvalue weighted by Crippen LogP contribution is -2.48. The third kappa shape index (κ3) is 8.26. The predicted octanol–water partition coefficient (Wildman–Crippen LogP) is 7.36. The third-order valence-corrected chi connectivity index (χ3v) is 7.48. The van der Waals surface area contributed by atoms with Crippen LogP contribution in [0.1, 0.15) is 73.9 Å². The lowest BCUT2D eigenvalue weighted by atomic mass is 9.87. The van der Waals surface area contributed by atoms with E-state index in [9.17, 15) is 44.3 Å². The number of benzene rings is 2. The van der Waals surface area contributed by atoms with Gasteiger partial charge in [-0.25, -0.2) is 4.79 Å². The molecule has 9 nitrogen and oxygen atoms in total. The van der Waals surface area contributed by atoms with Crippen molar-refractivity contribution in [2.45, 2.75) is 89.8 Å². The van der Waals surface area contributed by atoms with Crippen LogP contribution in [0.2, 0.25) is 0 Å². The number of aryl methyl sites for hydroxylation is 1. The minimum atomic E-state index is -5.14. The first-order chi connectivity index (χ1) is 21.8. The molecule has 1 amide bonds. The average Bonchev–Trinajstić information content (AvgIpc) is 3.44. The molecule has 1 aliphatic heterocycles. The zero-order valence-electron chi connectivity index (χ0n) is 25.4. The van der Waals surface area contributed by atoms with Gasteiger partial charge in [0.2, 0.25) is 0 Å². The summed E-state index contributed by atoms with van der Waals surface area (Å²) in [6, 6.07) is 1.81. The zero-order valence-corrected chi connectivity index (χ0v) is 25.4. The number of tetrazole rings is 1. The molecule has 1 aromatic heterocycles. The number of aromatic nitrogens is 4. The van der Waals surface area contributed by atoms with Gasteiger partial charge in [-0.1, -0.05) is 12.0 Å². The van der Waals surface area contributed by atoms with Gasteiger partial charge in [-0.3, -0.25) is 4.90 Å². The van der Waals surface area contributed by atoms with E-state index in [4.69, 9.17) is 10.5 Å². The minimum absolute atomic E-state index is 0.0206. The Kier molecular flexibility index (Phi) is 10.3. The molecule has 2 heterocycles. The van der Waals surface area contributed by atoms with E-state index in [2.05, 4.69) is 15.4 Å². The number of nitrogens with two attached hydrogens (primary N) is 1. The maximum atomic E-state index is 14.0. The summed E-state index contributed by atoms with van der Waals surface area (Å²) in [4.78, 5) is 16.8. The molecule has 0 saturated heterocycles. The number of carbonyl (C=O) groups excluding carboxylic acids is 1. The van der Waals surface area contributed by atoms with E-state index in [0.717, 1.165) is 23.0 Å². The first kappa shape index (κ1) is 35.8. The number of anilines is 2. The van der Waals surface area contributed by atoms with Gasteiger partial charge in [0.15, 0.2) is 0 Å². The minimum Gasteiger partial charge on any atom is -0.446 e. The Balaban J connectivity index is 1.94. The zero-order chi connectivity index (χ0) is 34.9. The number of fused-ring (bicyclic) bond motifs is 1. The molecule has 47 heavy (non-hydrogen) atoms. The summed E-state index contributed by atoms with van der Waals surface area (Å²) in [5, 5.41) is 12.1. The topological polar surface area (TPSA) is 102 Å². The summed E-state index contributed by atoms with van der Waals surface area (Å²) in [6.07, 6.45) is -16.0. The molecule has 258 valence electrons. The van der Waals surface area contributed by atoms with E-state index in [1.165, 1.54) is 9.80 Å². The first-order valence-electron chi connectivity index (χ1n) is 14.6. The van der Waals surface area contributed by atoms with Crippen LogP contribution in [-0.2, 0) is 36.4 Å². The van der Waals surface area contributed by atoms with Crippen molar-refractivity contribution in [1.82, 2.24) is 20.2 Å². The Labute approximate surface area is 263 Å². The molecular weight excluding hydrogens is 649 g/mol. The number of amides is 1. The van der Waals surface area contributed by atoms with Gasteiger partial charge in [0, 0.05) is 12.6 Å². The normalized spacial score (nSPS) is 17.2. The second-order valence-corrected chi connectivity index (χ2v) is 11.3. The standard InChI is InChI=1S/C29H32F9N7O2/c1-4-21-14-24(22-13-18(27(30,31)32)6-7-23(22)45(21)26(46)47-16(2)3)43(25-40-42-44(41-25)9-5-8-39)15-17-10-19(28(33,34)35)12-20(11-17)29(36,37)38/h6-7,10-13,16,21,24H,4-5,8-9,14-15,39H2,1-3H3/t21?,24-/m0/s1. The van der Waals surface area contributed by atoms with E-state index < -0.39 is 71.6 Å². The van der Waals surface area contributed by atoms with Crippen LogP contribution in [0.25, 0.3) is 0 Å². The molecule has 1 unspecified atom stereocenters. The van der Waals surface area contributed by atoms with Gasteiger partial charge < -0.3 is 15.4 Å². The number of alkyl halides is 9. The molecule has 4 rings (SSSR count). The lowest BCUT2D eigenvalue weighted by Gasteiger charge is -2.44. The van der Waals surface area contributed by atoms with Crippen LogP contribution in [0, 0.1) is 0 Å². The molecule has 1 aliphatic rings. The number of hydrogen-bond donors (Lipinski definition) is 1. The molecular formula is C29H32F9N7O2. The van der Waals surface area contributed by atoms with Crippen molar-refractivity contribution < 1.29 is 49.0 Å². The number of hydrogen-bond acceptors (Lipinski definition) is 7. The van der Waals surface area contributed by atoms with E-state index in [1.54, 1.807) is 20.8 Å². The molecule has 0 bridgehead atoms.